The molecule has 2 atom stereocenters. The number of rotatable bonds is 6. The highest BCUT2D eigenvalue weighted by atomic mass is 16.5. The SMILES string of the molecule is COCC(NCC1CC=CCC1)C1CC1. The molecule has 0 aromatic carbocycles. The molecule has 2 aliphatic carbocycles. The van der Waals surface area contributed by atoms with Crippen LogP contribution in [0.1, 0.15) is 32.1 Å². The maximum atomic E-state index is 5.27. The van der Waals surface area contributed by atoms with E-state index in [0.29, 0.717) is 6.04 Å². The minimum Gasteiger partial charge on any atom is -0.383 e. The minimum atomic E-state index is 0.612. The van der Waals surface area contributed by atoms with E-state index >= 15 is 0 Å². The predicted molar refractivity (Wildman–Crippen MR) is 62.9 cm³/mol. The molecule has 0 heterocycles. The maximum Gasteiger partial charge on any atom is 0.0618 e. The molecule has 1 N–H and O–H groups in total. The van der Waals surface area contributed by atoms with Crippen LogP contribution in [0.5, 0.6) is 0 Å². The molecule has 0 bridgehead atoms. The van der Waals surface area contributed by atoms with E-state index in [1.165, 1.54) is 38.6 Å². The quantitative estimate of drug-likeness (QED) is 0.678. The Morgan fingerprint density at radius 2 is 2.20 bits per heavy atom. The molecule has 15 heavy (non-hydrogen) atoms. The van der Waals surface area contributed by atoms with E-state index in [-0.39, 0.29) is 0 Å². The van der Waals surface area contributed by atoms with Crippen molar-refractivity contribution in [1.82, 2.24) is 5.32 Å². The highest BCUT2D eigenvalue weighted by molar-refractivity contribution is 4.92. The fourth-order valence-electron chi connectivity index (χ4n) is 2.40. The van der Waals surface area contributed by atoms with Crippen LogP contribution in [-0.4, -0.2) is 26.3 Å². The van der Waals surface area contributed by atoms with Gasteiger partial charge in [-0.05, 0) is 50.5 Å². The first-order chi connectivity index (χ1) is 7.40. The summed E-state index contributed by atoms with van der Waals surface area (Å²) < 4.78 is 5.27. The van der Waals surface area contributed by atoms with Crippen molar-refractivity contribution in [3.05, 3.63) is 12.2 Å². The Labute approximate surface area is 93.1 Å². The molecule has 2 nitrogen and oxygen atoms in total. The Hall–Kier alpha value is -0.340. The molecular formula is C13H23NO. The van der Waals surface area contributed by atoms with Crippen molar-refractivity contribution in [1.29, 1.82) is 0 Å². The largest absolute Gasteiger partial charge is 0.383 e. The fourth-order valence-corrected chi connectivity index (χ4v) is 2.40. The van der Waals surface area contributed by atoms with E-state index in [2.05, 4.69) is 17.5 Å². The first-order valence-corrected chi connectivity index (χ1v) is 6.27. The van der Waals surface area contributed by atoms with E-state index in [4.69, 9.17) is 4.74 Å². The van der Waals surface area contributed by atoms with Crippen molar-refractivity contribution in [2.24, 2.45) is 11.8 Å². The van der Waals surface area contributed by atoms with Crippen molar-refractivity contribution >= 4 is 0 Å². The van der Waals surface area contributed by atoms with Gasteiger partial charge in [0.25, 0.3) is 0 Å². The number of allylic oxidation sites excluding steroid dienone is 2. The van der Waals surface area contributed by atoms with Crippen LogP contribution in [0.25, 0.3) is 0 Å². The van der Waals surface area contributed by atoms with Gasteiger partial charge >= 0.3 is 0 Å². The van der Waals surface area contributed by atoms with Gasteiger partial charge in [-0.3, -0.25) is 0 Å². The Morgan fingerprint density at radius 3 is 2.80 bits per heavy atom. The van der Waals surface area contributed by atoms with Gasteiger partial charge in [-0.1, -0.05) is 12.2 Å². The Bertz CT molecular complexity index is 211. The molecule has 2 rings (SSSR count). The maximum absolute atomic E-state index is 5.27. The first-order valence-electron chi connectivity index (χ1n) is 6.27. The lowest BCUT2D eigenvalue weighted by Crippen LogP contribution is -2.38. The Kier molecular flexibility index (Phi) is 4.21. The van der Waals surface area contributed by atoms with Crippen molar-refractivity contribution in [3.8, 4) is 0 Å². The van der Waals surface area contributed by atoms with Gasteiger partial charge in [-0.25, -0.2) is 0 Å². The van der Waals surface area contributed by atoms with E-state index in [0.717, 1.165) is 18.4 Å². The van der Waals surface area contributed by atoms with Crippen molar-refractivity contribution in [2.75, 3.05) is 20.3 Å². The van der Waals surface area contributed by atoms with E-state index < -0.39 is 0 Å². The number of hydrogen-bond acceptors (Lipinski definition) is 2. The lowest BCUT2D eigenvalue weighted by atomic mass is 9.94. The van der Waals surface area contributed by atoms with Crippen LogP contribution < -0.4 is 5.32 Å². The summed E-state index contributed by atoms with van der Waals surface area (Å²) in [5, 5.41) is 3.69. The van der Waals surface area contributed by atoms with Gasteiger partial charge in [-0.15, -0.1) is 0 Å². The highest BCUT2D eigenvalue weighted by Gasteiger charge is 2.31. The zero-order valence-electron chi connectivity index (χ0n) is 9.74. The number of ether oxygens (including phenoxy) is 1. The lowest BCUT2D eigenvalue weighted by Gasteiger charge is -2.23. The molecule has 0 aromatic rings. The summed E-state index contributed by atoms with van der Waals surface area (Å²) in [6.07, 6.45) is 11.3. The van der Waals surface area contributed by atoms with E-state index in [1.54, 1.807) is 7.11 Å². The molecule has 2 aliphatic rings. The van der Waals surface area contributed by atoms with Gasteiger partial charge in [0.15, 0.2) is 0 Å². The lowest BCUT2D eigenvalue weighted by molar-refractivity contribution is 0.154. The third-order valence-corrected chi connectivity index (χ3v) is 3.58. The first kappa shape index (κ1) is 11.2. The standard InChI is InChI=1S/C13H23NO/c1-15-10-13(12-7-8-12)14-9-11-5-3-2-4-6-11/h2-3,11-14H,4-10H2,1H3. The summed E-state index contributed by atoms with van der Waals surface area (Å²) >= 11 is 0. The van der Waals surface area contributed by atoms with E-state index in [9.17, 15) is 0 Å². The third-order valence-electron chi connectivity index (χ3n) is 3.58. The summed E-state index contributed by atoms with van der Waals surface area (Å²) in [7, 11) is 1.81. The average molecular weight is 209 g/mol. The van der Waals surface area contributed by atoms with Crippen LogP contribution in [0.4, 0.5) is 0 Å². The molecular weight excluding hydrogens is 186 g/mol. The summed E-state index contributed by atoms with van der Waals surface area (Å²) in [6, 6.07) is 0.612. The summed E-state index contributed by atoms with van der Waals surface area (Å²) in [6.45, 7) is 2.06. The number of methoxy groups -OCH3 is 1. The highest BCUT2D eigenvalue weighted by Crippen LogP contribution is 2.33. The second-order valence-electron chi connectivity index (χ2n) is 4.96. The third kappa shape index (κ3) is 3.62. The molecule has 1 fully saturated rings. The predicted octanol–water partition coefficient (Wildman–Crippen LogP) is 2.36. The average Bonchev–Trinajstić information content (AvgIpc) is 3.09. The minimum absolute atomic E-state index is 0.612. The molecule has 0 aliphatic heterocycles. The van der Waals surface area contributed by atoms with Crippen molar-refractivity contribution in [2.45, 2.75) is 38.1 Å². The summed E-state index contributed by atoms with van der Waals surface area (Å²) in [4.78, 5) is 0. The molecule has 1 saturated carbocycles. The smallest absolute Gasteiger partial charge is 0.0618 e. The van der Waals surface area contributed by atoms with Crippen LogP contribution >= 0.6 is 0 Å². The van der Waals surface area contributed by atoms with Crippen LogP contribution in [0.2, 0.25) is 0 Å². The zero-order chi connectivity index (χ0) is 10.5. The second-order valence-corrected chi connectivity index (χ2v) is 4.96. The van der Waals surface area contributed by atoms with Gasteiger partial charge in [0.2, 0.25) is 0 Å². The molecule has 86 valence electrons. The molecule has 2 heteroatoms. The molecule has 0 aromatic heterocycles. The molecule has 0 spiro atoms. The molecule has 0 radical (unpaired) electrons. The van der Waals surface area contributed by atoms with E-state index in [1.807, 2.05) is 0 Å². The monoisotopic (exact) mass is 209 g/mol. The van der Waals surface area contributed by atoms with Crippen LogP contribution in [0.15, 0.2) is 12.2 Å². The van der Waals surface area contributed by atoms with Crippen LogP contribution in [0.3, 0.4) is 0 Å². The van der Waals surface area contributed by atoms with Crippen molar-refractivity contribution in [3.63, 3.8) is 0 Å². The van der Waals surface area contributed by atoms with Gasteiger partial charge in [0.1, 0.15) is 0 Å². The Balaban J connectivity index is 1.67. The number of nitrogens with one attached hydrogen (secondary N) is 1. The van der Waals surface area contributed by atoms with Crippen molar-refractivity contribution < 1.29 is 4.74 Å². The fraction of sp³-hybridized carbons (Fsp3) is 0.846. The number of hydrogen-bond donors (Lipinski definition) is 1. The molecule has 0 amide bonds. The van der Waals surface area contributed by atoms with Gasteiger partial charge < -0.3 is 10.1 Å². The normalized spacial score (nSPS) is 27.9. The Morgan fingerprint density at radius 1 is 1.33 bits per heavy atom. The van der Waals surface area contributed by atoms with Gasteiger partial charge in [0, 0.05) is 13.2 Å². The topological polar surface area (TPSA) is 21.3 Å². The molecule has 2 unspecified atom stereocenters. The summed E-state index contributed by atoms with van der Waals surface area (Å²) in [5.74, 6) is 1.75. The van der Waals surface area contributed by atoms with Crippen LogP contribution in [-0.2, 0) is 4.74 Å². The van der Waals surface area contributed by atoms with Gasteiger partial charge in [-0.2, -0.15) is 0 Å². The van der Waals surface area contributed by atoms with Crippen LogP contribution in [0, 0.1) is 11.8 Å². The van der Waals surface area contributed by atoms with Gasteiger partial charge in [0.05, 0.1) is 6.61 Å². The second kappa shape index (κ2) is 5.66. The summed E-state index contributed by atoms with van der Waals surface area (Å²) in [5.41, 5.74) is 0. The molecule has 0 saturated heterocycles. The zero-order valence-corrected chi connectivity index (χ0v) is 9.74.